The molecule has 0 spiro atoms. The predicted octanol–water partition coefficient (Wildman–Crippen LogP) is 4.67. The van der Waals surface area contributed by atoms with Crippen molar-refractivity contribution in [3.63, 3.8) is 0 Å². The Morgan fingerprint density at radius 2 is 1.34 bits per heavy atom. The Morgan fingerprint density at radius 3 is 1.91 bits per heavy atom. The van der Waals surface area contributed by atoms with Crippen LogP contribution in [0.3, 0.4) is 0 Å². The molecule has 0 saturated carbocycles. The van der Waals surface area contributed by atoms with Crippen LogP contribution in [0.5, 0.6) is 0 Å². The summed E-state index contributed by atoms with van der Waals surface area (Å²) in [6.07, 6.45) is 2.35. The van der Waals surface area contributed by atoms with Gasteiger partial charge in [-0.2, -0.15) is 0 Å². The second-order valence-electron chi connectivity index (χ2n) is 7.80. The van der Waals surface area contributed by atoms with Crippen molar-refractivity contribution in [2.24, 2.45) is 0 Å². The van der Waals surface area contributed by atoms with Gasteiger partial charge in [0.1, 0.15) is 0 Å². The van der Waals surface area contributed by atoms with Gasteiger partial charge in [0.25, 0.3) is 0 Å². The van der Waals surface area contributed by atoms with Gasteiger partial charge in [-0.25, -0.2) is 0 Å². The van der Waals surface area contributed by atoms with Crippen LogP contribution in [0, 0.1) is 0 Å². The molecule has 32 heavy (non-hydrogen) atoms. The van der Waals surface area contributed by atoms with Gasteiger partial charge in [0.2, 0.25) is 0 Å². The predicted molar refractivity (Wildman–Crippen MR) is 143 cm³/mol. The first-order chi connectivity index (χ1) is 15.8. The summed E-state index contributed by atoms with van der Waals surface area (Å²) in [6.45, 7) is 6.04. The molecule has 1 aliphatic heterocycles. The summed E-state index contributed by atoms with van der Waals surface area (Å²) in [7, 11) is 0. The molecule has 3 aromatic carbocycles. The van der Waals surface area contributed by atoms with Gasteiger partial charge < -0.3 is 0 Å². The van der Waals surface area contributed by atoms with E-state index in [9.17, 15) is 0 Å². The van der Waals surface area contributed by atoms with Crippen molar-refractivity contribution in [1.29, 1.82) is 0 Å². The summed E-state index contributed by atoms with van der Waals surface area (Å²) in [6, 6.07) is 31.9. The Kier molecular flexibility index (Phi) is 9.24. The molecule has 1 aliphatic rings. The molecule has 0 atom stereocenters. The molecule has 3 aromatic rings. The van der Waals surface area contributed by atoms with E-state index in [-0.39, 0.29) is 6.10 Å². The third-order valence-electron chi connectivity index (χ3n) is 5.55. The average Bonchev–Trinajstić information content (AvgIpc) is 2.84. The Morgan fingerprint density at radius 1 is 0.812 bits per heavy atom. The normalized spacial score (nSPS) is 15.3. The summed E-state index contributed by atoms with van der Waals surface area (Å²) in [4.78, 5) is 4.99. The topological polar surface area (TPSA) is 15.7 Å². The fourth-order valence-corrected chi connectivity index (χ4v) is 7.05. The standard InChI is InChI=1S/C27H29IN2OSe/c28-26(32-25-14-8-3-9-15-25)22-30-18-16-29(17-19-30)20-21-31-27(23-10-4-1-5-11-23)24-12-6-2-7-13-24/h1-15,22,27H,16-21H2/b26-22-. The summed E-state index contributed by atoms with van der Waals surface area (Å²) in [5.41, 5.74) is 2.42. The van der Waals surface area contributed by atoms with E-state index in [2.05, 4.69) is 130 Å². The molecule has 0 N–H and O–H groups in total. The number of hydrogen-bond donors (Lipinski definition) is 0. The van der Waals surface area contributed by atoms with Crippen LogP contribution in [0.15, 0.2) is 99.7 Å². The van der Waals surface area contributed by atoms with E-state index >= 15 is 0 Å². The van der Waals surface area contributed by atoms with Gasteiger partial charge in [-0.1, -0.05) is 36.4 Å². The van der Waals surface area contributed by atoms with E-state index in [1.54, 1.807) is 0 Å². The van der Waals surface area contributed by atoms with Crippen LogP contribution >= 0.6 is 22.6 Å². The summed E-state index contributed by atoms with van der Waals surface area (Å²) in [5.74, 6) is 0. The molecule has 4 rings (SSSR count). The number of halogens is 1. The molecule has 1 heterocycles. The first-order valence-electron chi connectivity index (χ1n) is 11.1. The van der Waals surface area contributed by atoms with Gasteiger partial charge >= 0.3 is 176 Å². The third kappa shape index (κ3) is 7.19. The quantitative estimate of drug-likeness (QED) is 0.261. The Hall–Kier alpha value is -1.63. The zero-order chi connectivity index (χ0) is 22.0. The molecule has 0 aromatic heterocycles. The molecule has 5 heteroatoms. The maximum atomic E-state index is 6.41. The Bertz CT molecular complexity index is 921. The van der Waals surface area contributed by atoms with Crippen molar-refractivity contribution in [2.75, 3.05) is 39.3 Å². The van der Waals surface area contributed by atoms with Crippen LogP contribution in [-0.4, -0.2) is 64.1 Å². The van der Waals surface area contributed by atoms with Gasteiger partial charge in [0.15, 0.2) is 0 Å². The molecule has 1 fully saturated rings. The molecule has 1 saturated heterocycles. The maximum absolute atomic E-state index is 6.41. The van der Waals surface area contributed by atoms with E-state index in [0.29, 0.717) is 15.0 Å². The Balaban J connectivity index is 1.25. The zero-order valence-electron chi connectivity index (χ0n) is 18.1. The fraction of sp³-hybridized carbons (Fsp3) is 0.259. The van der Waals surface area contributed by atoms with Crippen molar-refractivity contribution in [1.82, 2.24) is 9.80 Å². The summed E-state index contributed by atoms with van der Waals surface area (Å²) >= 11 is 2.91. The molecule has 0 aliphatic carbocycles. The van der Waals surface area contributed by atoms with Crippen molar-refractivity contribution >= 4 is 42.0 Å². The fourth-order valence-electron chi connectivity index (χ4n) is 3.83. The van der Waals surface area contributed by atoms with E-state index < -0.39 is 0 Å². The first kappa shape index (κ1) is 23.5. The number of benzene rings is 3. The second kappa shape index (κ2) is 12.6. The van der Waals surface area contributed by atoms with E-state index in [1.165, 1.54) is 18.1 Å². The summed E-state index contributed by atoms with van der Waals surface area (Å²) in [5, 5.41) is 0. The van der Waals surface area contributed by atoms with Gasteiger partial charge in [-0.05, 0) is 0 Å². The molecular formula is C27H29IN2OSe. The van der Waals surface area contributed by atoms with Gasteiger partial charge in [-0.15, -0.1) is 0 Å². The third-order valence-corrected chi connectivity index (χ3v) is 8.66. The van der Waals surface area contributed by atoms with Crippen LogP contribution in [0.25, 0.3) is 0 Å². The van der Waals surface area contributed by atoms with Gasteiger partial charge in [-0.3, -0.25) is 0 Å². The number of nitrogens with zero attached hydrogens (tertiary/aromatic N) is 2. The summed E-state index contributed by atoms with van der Waals surface area (Å²) < 4.78 is 9.29. The molecular weight excluding hydrogens is 574 g/mol. The number of hydrogen-bond acceptors (Lipinski definition) is 3. The van der Waals surface area contributed by atoms with Gasteiger partial charge in [0, 0.05) is 0 Å². The zero-order valence-corrected chi connectivity index (χ0v) is 22.0. The molecule has 0 unspecified atom stereocenters. The van der Waals surface area contributed by atoms with E-state index in [4.69, 9.17) is 4.74 Å². The monoisotopic (exact) mass is 604 g/mol. The molecule has 0 bridgehead atoms. The number of piperazine rings is 1. The van der Waals surface area contributed by atoms with Crippen molar-refractivity contribution in [2.45, 2.75) is 6.10 Å². The van der Waals surface area contributed by atoms with Crippen LogP contribution in [-0.2, 0) is 4.74 Å². The molecule has 3 nitrogen and oxygen atoms in total. The first-order valence-corrected chi connectivity index (χ1v) is 13.9. The van der Waals surface area contributed by atoms with Crippen LogP contribution in [0.2, 0.25) is 0 Å². The van der Waals surface area contributed by atoms with E-state index in [0.717, 1.165) is 39.3 Å². The van der Waals surface area contributed by atoms with E-state index in [1.807, 2.05) is 0 Å². The SMILES string of the molecule is I/C(=C/N1CCN(CCOC(c2ccccc2)c2ccccc2)CC1)[Se]c1ccccc1. The van der Waals surface area contributed by atoms with Crippen molar-refractivity contribution < 1.29 is 4.74 Å². The van der Waals surface area contributed by atoms with Crippen LogP contribution in [0.4, 0.5) is 0 Å². The minimum absolute atomic E-state index is 0.0107. The molecule has 0 amide bonds. The molecule has 166 valence electrons. The van der Waals surface area contributed by atoms with Crippen molar-refractivity contribution in [3.05, 3.63) is 111 Å². The average molecular weight is 603 g/mol. The second-order valence-corrected chi connectivity index (χ2v) is 12.9. The van der Waals surface area contributed by atoms with Crippen LogP contribution < -0.4 is 4.46 Å². The number of ether oxygens (including phenoxy) is 1. The minimum atomic E-state index is -0.0107. The number of rotatable bonds is 9. The van der Waals surface area contributed by atoms with Crippen LogP contribution in [0.1, 0.15) is 17.2 Å². The molecule has 0 radical (unpaired) electrons. The Labute approximate surface area is 211 Å². The van der Waals surface area contributed by atoms with Crippen molar-refractivity contribution in [3.8, 4) is 0 Å². The van der Waals surface area contributed by atoms with Gasteiger partial charge in [0.05, 0.1) is 0 Å².